The third-order valence-electron chi connectivity index (χ3n) is 10.6. The van der Waals surface area contributed by atoms with Crippen LogP contribution in [-0.2, 0) is 23.3 Å². The van der Waals surface area contributed by atoms with E-state index in [4.69, 9.17) is 0 Å². The molecule has 0 aliphatic heterocycles. The Morgan fingerprint density at radius 3 is 1.98 bits per heavy atom. The van der Waals surface area contributed by atoms with E-state index in [1.165, 1.54) is 76.0 Å². The van der Waals surface area contributed by atoms with Crippen molar-refractivity contribution in [2.45, 2.75) is 83.5 Å². The average Bonchev–Trinajstić information content (AvgIpc) is 3.25. The van der Waals surface area contributed by atoms with E-state index >= 15 is 0 Å². The van der Waals surface area contributed by atoms with E-state index in [0.717, 1.165) is 0 Å². The highest BCUT2D eigenvalue weighted by Gasteiger charge is 2.48. The van der Waals surface area contributed by atoms with Crippen LogP contribution in [0.15, 0.2) is 84.9 Å². The summed E-state index contributed by atoms with van der Waals surface area (Å²) in [6.07, 6.45) is 5.20. The maximum absolute atomic E-state index is 2.58. The minimum atomic E-state index is 0.0638. The molecule has 8 rings (SSSR count). The minimum Gasteiger partial charge on any atom is -0.225 e. The summed E-state index contributed by atoms with van der Waals surface area (Å²) in [5.74, 6) is 1.25. The molecule has 208 valence electrons. The predicted octanol–water partition coefficient (Wildman–Crippen LogP) is 9.50. The molecular formula is C39H43N2+. The van der Waals surface area contributed by atoms with Crippen molar-refractivity contribution in [3.05, 3.63) is 107 Å². The summed E-state index contributed by atoms with van der Waals surface area (Å²) >= 11 is 0. The third kappa shape index (κ3) is 3.94. The van der Waals surface area contributed by atoms with Gasteiger partial charge in [-0.3, -0.25) is 0 Å². The van der Waals surface area contributed by atoms with Gasteiger partial charge in [-0.2, -0.15) is 4.57 Å². The maximum Gasteiger partial charge on any atom is 0.295 e. The van der Waals surface area contributed by atoms with Gasteiger partial charge >= 0.3 is 0 Å². The molecule has 2 bridgehead atoms. The zero-order chi connectivity index (χ0) is 28.7. The van der Waals surface area contributed by atoms with E-state index in [1.807, 2.05) is 0 Å². The van der Waals surface area contributed by atoms with Gasteiger partial charge in [-0.05, 0) is 107 Å². The second kappa shape index (κ2) is 8.92. The molecule has 0 spiro atoms. The number of rotatable bonds is 3. The van der Waals surface area contributed by atoms with Crippen molar-refractivity contribution in [2.24, 2.45) is 7.05 Å². The Morgan fingerprint density at radius 1 is 0.707 bits per heavy atom. The van der Waals surface area contributed by atoms with Crippen molar-refractivity contribution in [1.82, 2.24) is 4.57 Å². The molecule has 1 aromatic heterocycles. The normalized spacial score (nSPS) is 21.8. The summed E-state index contributed by atoms with van der Waals surface area (Å²) in [5, 5.41) is 0. The molecule has 2 nitrogen and oxygen atoms in total. The van der Waals surface area contributed by atoms with Crippen molar-refractivity contribution in [2.75, 3.05) is 0 Å². The second-order valence-corrected chi connectivity index (χ2v) is 14.4. The Morgan fingerprint density at radius 2 is 1.32 bits per heavy atom. The van der Waals surface area contributed by atoms with E-state index in [1.54, 1.807) is 11.1 Å². The fraction of sp³-hybridized carbons (Fsp3) is 0.359. The summed E-state index contributed by atoms with van der Waals surface area (Å²) in [6.45, 7) is 14.3. The molecule has 1 heterocycles. The maximum atomic E-state index is 2.58. The number of aryl methyl sites for hydroxylation is 2. The Balaban J connectivity index is 1.56. The zero-order valence-electron chi connectivity index (χ0n) is 25.8. The molecule has 0 amide bonds. The van der Waals surface area contributed by atoms with Gasteiger partial charge in [0, 0.05) is 5.56 Å². The first kappa shape index (κ1) is 26.3. The highest BCUT2D eigenvalue weighted by Crippen LogP contribution is 2.57. The van der Waals surface area contributed by atoms with Gasteiger partial charge in [0.1, 0.15) is 5.69 Å². The molecule has 0 atom stereocenters. The number of aromatic nitrogens is 2. The van der Waals surface area contributed by atoms with Crippen LogP contribution in [0.2, 0.25) is 0 Å². The van der Waals surface area contributed by atoms with Gasteiger partial charge in [0.15, 0.2) is 11.0 Å². The lowest BCUT2D eigenvalue weighted by Gasteiger charge is -2.52. The SMILES string of the molecule is Cc1cc2c(cc1-c1n(-c3ccc(C(C)(C)C)cc3-c3ccccc3)c3ccccc3[n+]1C)C1(C)CCC2(C)CC1. The third-order valence-corrected chi connectivity index (χ3v) is 10.6. The van der Waals surface area contributed by atoms with Crippen LogP contribution < -0.4 is 4.57 Å². The molecule has 41 heavy (non-hydrogen) atoms. The van der Waals surface area contributed by atoms with Crippen LogP contribution in [0, 0.1) is 6.92 Å². The van der Waals surface area contributed by atoms with Gasteiger partial charge in [-0.25, -0.2) is 4.57 Å². The Hall–Kier alpha value is -3.65. The van der Waals surface area contributed by atoms with Crippen LogP contribution in [0.5, 0.6) is 0 Å². The number of nitrogens with zero attached hydrogens (tertiary/aromatic N) is 2. The smallest absolute Gasteiger partial charge is 0.225 e. The molecule has 3 aliphatic carbocycles. The first-order chi connectivity index (χ1) is 19.5. The Bertz CT molecular complexity index is 1800. The molecule has 0 saturated heterocycles. The molecule has 0 radical (unpaired) electrons. The van der Waals surface area contributed by atoms with Crippen molar-refractivity contribution in [3.8, 4) is 28.2 Å². The molecule has 4 aromatic carbocycles. The van der Waals surface area contributed by atoms with Crippen LogP contribution in [0.1, 0.15) is 82.6 Å². The van der Waals surface area contributed by atoms with Gasteiger partial charge in [0.05, 0.1) is 12.6 Å². The number of hydrogen-bond donors (Lipinski definition) is 0. The van der Waals surface area contributed by atoms with E-state index < -0.39 is 0 Å². The lowest BCUT2D eigenvalue weighted by Crippen LogP contribution is -2.44. The lowest BCUT2D eigenvalue weighted by atomic mass is 9.52. The topological polar surface area (TPSA) is 8.81 Å². The highest BCUT2D eigenvalue weighted by atomic mass is 15.2. The van der Waals surface area contributed by atoms with Crippen molar-refractivity contribution < 1.29 is 4.57 Å². The van der Waals surface area contributed by atoms with Gasteiger partial charge in [-0.1, -0.05) is 89.2 Å². The monoisotopic (exact) mass is 539 g/mol. The zero-order valence-corrected chi connectivity index (χ0v) is 25.8. The largest absolute Gasteiger partial charge is 0.295 e. The van der Waals surface area contributed by atoms with E-state index in [-0.39, 0.29) is 10.8 Å². The fourth-order valence-electron chi connectivity index (χ4n) is 7.75. The molecule has 1 saturated carbocycles. The molecule has 3 aliphatic rings. The fourth-order valence-corrected chi connectivity index (χ4v) is 7.75. The Labute approximate surface area is 245 Å². The number of para-hydroxylation sites is 2. The standard InChI is InChI=1S/C39H43N2/c1-26-23-31-32(39(6)21-19-38(31,5)20-22-39)25-29(26)36-40(7)34-15-11-12-16-35(34)41(36)33-18-17-28(37(2,3)4)24-30(33)27-13-9-8-10-14-27/h8-18,23-25H,19-22H2,1-7H3/q+1. The quantitative estimate of drug-likeness (QED) is 0.202. The van der Waals surface area contributed by atoms with Gasteiger partial charge < -0.3 is 0 Å². The highest BCUT2D eigenvalue weighted by molar-refractivity contribution is 5.84. The molecule has 1 fully saturated rings. The van der Waals surface area contributed by atoms with Crippen LogP contribution in [-0.4, -0.2) is 4.57 Å². The Kier molecular flexibility index (Phi) is 5.72. The minimum absolute atomic E-state index is 0.0638. The molecular weight excluding hydrogens is 496 g/mol. The summed E-state index contributed by atoms with van der Waals surface area (Å²) in [4.78, 5) is 0. The number of hydrogen-bond acceptors (Lipinski definition) is 0. The predicted molar refractivity (Wildman–Crippen MR) is 172 cm³/mol. The van der Waals surface area contributed by atoms with Crippen LogP contribution in [0.25, 0.3) is 39.2 Å². The molecule has 0 unspecified atom stereocenters. The van der Waals surface area contributed by atoms with E-state index in [0.29, 0.717) is 5.41 Å². The lowest BCUT2D eigenvalue weighted by molar-refractivity contribution is -0.633. The summed E-state index contributed by atoms with van der Waals surface area (Å²) in [6, 6.07) is 32.0. The van der Waals surface area contributed by atoms with Crippen LogP contribution >= 0.6 is 0 Å². The van der Waals surface area contributed by atoms with Crippen LogP contribution in [0.4, 0.5) is 0 Å². The van der Waals surface area contributed by atoms with E-state index in [9.17, 15) is 0 Å². The molecule has 5 aromatic rings. The van der Waals surface area contributed by atoms with Gasteiger partial charge in [0.25, 0.3) is 5.82 Å². The molecule has 0 N–H and O–H groups in total. The molecule has 2 heteroatoms. The van der Waals surface area contributed by atoms with Crippen molar-refractivity contribution >= 4 is 11.0 Å². The number of imidazole rings is 1. The van der Waals surface area contributed by atoms with Crippen molar-refractivity contribution in [1.29, 1.82) is 0 Å². The van der Waals surface area contributed by atoms with E-state index in [2.05, 4.69) is 143 Å². The number of fused-ring (bicyclic) bond motifs is 3. The summed E-state index contributed by atoms with van der Waals surface area (Å²) in [5.41, 5.74) is 14.1. The van der Waals surface area contributed by atoms with Gasteiger partial charge in [-0.15, -0.1) is 0 Å². The first-order valence-electron chi connectivity index (χ1n) is 15.4. The summed E-state index contributed by atoms with van der Waals surface area (Å²) < 4.78 is 4.95. The summed E-state index contributed by atoms with van der Waals surface area (Å²) in [7, 11) is 2.24. The van der Waals surface area contributed by atoms with Crippen molar-refractivity contribution in [3.63, 3.8) is 0 Å². The van der Waals surface area contributed by atoms with Crippen LogP contribution in [0.3, 0.4) is 0 Å². The van der Waals surface area contributed by atoms with Gasteiger partial charge in [0.2, 0.25) is 0 Å². The first-order valence-corrected chi connectivity index (χ1v) is 15.4. The second-order valence-electron chi connectivity index (χ2n) is 14.4. The average molecular weight is 540 g/mol. The number of benzene rings is 4.